The molecule has 10 heteroatoms. The van der Waals surface area contributed by atoms with Crippen LogP contribution in [0.3, 0.4) is 0 Å². The van der Waals surface area contributed by atoms with Gasteiger partial charge in [0.15, 0.2) is 0 Å². The van der Waals surface area contributed by atoms with Gasteiger partial charge in [-0.1, -0.05) is 18.2 Å². The fourth-order valence-corrected chi connectivity index (χ4v) is 4.94. The number of hydrogen-bond donors (Lipinski definition) is 1. The number of ether oxygens (including phenoxy) is 1. The number of hydrogen-bond acceptors (Lipinski definition) is 7. The van der Waals surface area contributed by atoms with E-state index in [1.54, 1.807) is 18.2 Å². The first-order chi connectivity index (χ1) is 19.1. The molecule has 0 saturated heterocycles. The van der Waals surface area contributed by atoms with Crippen LogP contribution in [0.5, 0.6) is 0 Å². The Morgan fingerprint density at radius 1 is 1.02 bits per heavy atom. The molecule has 0 fully saturated rings. The Hall–Kier alpha value is -4.31. The van der Waals surface area contributed by atoms with Crippen molar-refractivity contribution in [2.24, 2.45) is 5.73 Å². The average Bonchev–Trinajstić information content (AvgIpc) is 3.32. The van der Waals surface area contributed by atoms with Gasteiger partial charge in [-0.05, 0) is 69.2 Å². The SMILES string of the molecule is CC(C)(C)OC(=O)CCN1CCCn2nc(-c3ccc(F)cc3)c(-c3ccc(=O)n(-c4ccccc4CN)n3)c21. The molecule has 5 rings (SSSR count). The van der Waals surface area contributed by atoms with Gasteiger partial charge >= 0.3 is 5.97 Å². The molecule has 0 saturated carbocycles. The fraction of sp³-hybridized carbons (Fsp3) is 0.333. The van der Waals surface area contributed by atoms with Gasteiger partial charge in [-0.15, -0.1) is 0 Å². The lowest BCUT2D eigenvalue weighted by Crippen LogP contribution is -2.35. The summed E-state index contributed by atoms with van der Waals surface area (Å²) in [6, 6.07) is 16.7. The lowest BCUT2D eigenvalue weighted by Gasteiger charge is -2.30. The predicted octanol–water partition coefficient (Wildman–Crippen LogP) is 4.30. The van der Waals surface area contributed by atoms with Crippen molar-refractivity contribution in [3.63, 3.8) is 0 Å². The summed E-state index contributed by atoms with van der Waals surface area (Å²) >= 11 is 0. The zero-order valence-electron chi connectivity index (χ0n) is 22.9. The van der Waals surface area contributed by atoms with Gasteiger partial charge in [0.25, 0.3) is 5.56 Å². The molecule has 0 spiro atoms. The number of nitrogens with two attached hydrogens (primary N) is 1. The van der Waals surface area contributed by atoms with Crippen LogP contribution < -0.4 is 16.2 Å². The minimum atomic E-state index is -0.570. The highest BCUT2D eigenvalue weighted by Gasteiger charge is 2.29. The Morgan fingerprint density at radius 3 is 2.50 bits per heavy atom. The summed E-state index contributed by atoms with van der Waals surface area (Å²) in [7, 11) is 0. The van der Waals surface area contributed by atoms with Crippen molar-refractivity contribution in [3.05, 3.63) is 82.4 Å². The van der Waals surface area contributed by atoms with Gasteiger partial charge in [0.1, 0.15) is 22.9 Å². The van der Waals surface area contributed by atoms with Gasteiger partial charge in [0, 0.05) is 37.8 Å². The van der Waals surface area contributed by atoms with E-state index < -0.39 is 5.60 Å². The molecule has 2 N–H and O–H groups in total. The lowest BCUT2D eigenvalue weighted by molar-refractivity contribution is -0.154. The third-order valence-corrected chi connectivity index (χ3v) is 6.64. The number of carbonyl (C=O) groups is 1. The normalized spacial score (nSPS) is 13.3. The van der Waals surface area contributed by atoms with Gasteiger partial charge in [0.2, 0.25) is 0 Å². The Kier molecular flexibility index (Phi) is 7.53. The van der Waals surface area contributed by atoms with E-state index in [-0.39, 0.29) is 30.3 Å². The second kappa shape index (κ2) is 11.1. The van der Waals surface area contributed by atoms with Crippen LogP contribution in [-0.2, 0) is 22.6 Å². The van der Waals surface area contributed by atoms with Crippen molar-refractivity contribution < 1.29 is 13.9 Å². The van der Waals surface area contributed by atoms with Crippen LogP contribution in [0, 0.1) is 5.82 Å². The summed E-state index contributed by atoms with van der Waals surface area (Å²) in [6.07, 6.45) is 1.03. The summed E-state index contributed by atoms with van der Waals surface area (Å²) in [5.41, 5.74) is 9.03. The lowest BCUT2D eigenvalue weighted by atomic mass is 10.0. The number of aromatic nitrogens is 4. The number of anilines is 1. The minimum absolute atomic E-state index is 0.199. The number of carbonyl (C=O) groups excluding carboxylic acids is 1. The summed E-state index contributed by atoms with van der Waals surface area (Å²) in [5, 5.41) is 9.70. The molecule has 0 atom stereocenters. The monoisotopic (exact) mass is 544 g/mol. The molecule has 0 radical (unpaired) electrons. The number of aryl methyl sites for hydroxylation is 1. The molecule has 4 aromatic rings. The van der Waals surface area contributed by atoms with Crippen molar-refractivity contribution in [1.82, 2.24) is 19.6 Å². The Balaban J connectivity index is 1.64. The topological polar surface area (TPSA) is 108 Å². The van der Waals surface area contributed by atoms with Gasteiger partial charge in [-0.3, -0.25) is 9.59 Å². The van der Waals surface area contributed by atoms with Crippen LogP contribution in [0.15, 0.2) is 65.5 Å². The summed E-state index contributed by atoms with van der Waals surface area (Å²) in [6.45, 7) is 7.58. The highest BCUT2D eigenvalue weighted by Crippen LogP contribution is 2.40. The number of esters is 1. The number of nitrogens with zero attached hydrogens (tertiary/aromatic N) is 5. The molecule has 2 aromatic carbocycles. The van der Waals surface area contributed by atoms with Gasteiger partial charge in [-0.2, -0.15) is 14.9 Å². The van der Waals surface area contributed by atoms with E-state index >= 15 is 0 Å². The van der Waals surface area contributed by atoms with Crippen molar-refractivity contribution in [1.29, 1.82) is 0 Å². The molecule has 3 heterocycles. The minimum Gasteiger partial charge on any atom is -0.460 e. The highest BCUT2D eigenvalue weighted by molar-refractivity contribution is 5.88. The van der Waals surface area contributed by atoms with Crippen LogP contribution in [0.4, 0.5) is 10.2 Å². The maximum atomic E-state index is 13.8. The Labute approximate surface area is 232 Å². The number of halogens is 1. The van der Waals surface area contributed by atoms with Crippen LogP contribution in [0.25, 0.3) is 28.2 Å². The molecule has 208 valence electrons. The van der Waals surface area contributed by atoms with E-state index in [0.29, 0.717) is 47.8 Å². The quantitative estimate of drug-likeness (QED) is 0.346. The highest BCUT2D eigenvalue weighted by atomic mass is 19.1. The zero-order valence-corrected chi connectivity index (χ0v) is 22.9. The Bertz CT molecular complexity index is 1590. The molecule has 1 aliphatic rings. The molecule has 0 aliphatic carbocycles. The van der Waals surface area contributed by atoms with E-state index in [1.165, 1.54) is 22.9 Å². The number of para-hydroxylation sites is 1. The smallest absolute Gasteiger partial charge is 0.308 e. The second-order valence-corrected chi connectivity index (χ2v) is 10.8. The van der Waals surface area contributed by atoms with E-state index in [2.05, 4.69) is 4.90 Å². The van der Waals surface area contributed by atoms with Gasteiger partial charge in [-0.25, -0.2) is 9.07 Å². The first kappa shape index (κ1) is 27.3. The standard InChI is InChI=1S/C30H33FN6O3/c1-30(2,3)40-26(39)15-18-35-16-6-17-36-29(35)27(28(34-36)20-9-11-22(31)12-10-20)23-13-14-25(38)37(33-23)24-8-5-4-7-21(24)19-32/h4-5,7-14H,6,15-19,32H2,1-3H3. The fourth-order valence-electron chi connectivity index (χ4n) is 4.94. The average molecular weight is 545 g/mol. The molecule has 9 nitrogen and oxygen atoms in total. The third kappa shape index (κ3) is 5.67. The van der Waals surface area contributed by atoms with Crippen molar-refractivity contribution >= 4 is 11.8 Å². The second-order valence-electron chi connectivity index (χ2n) is 10.8. The molecule has 1 aliphatic heterocycles. The summed E-state index contributed by atoms with van der Waals surface area (Å²) in [5.74, 6) is 0.159. The van der Waals surface area contributed by atoms with Crippen molar-refractivity contribution in [3.8, 4) is 28.2 Å². The van der Waals surface area contributed by atoms with Crippen molar-refractivity contribution in [2.45, 2.75) is 52.3 Å². The van der Waals surface area contributed by atoms with E-state index in [1.807, 2.05) is 49.7 Å². The van der Waals surface area contributed by atoms with Crippen LogP contribution in [-0.4, -0.2) is 44.2 Å². The number of benzene rings is 2. The largest absolute Gasteiger partial charge is 0.460 e. The molecule has 0 bridgehead atoms. The number of rotatable bonds is 7. The van der Waals surface area contributed by atoms with E-state index in [9.17, 15) is 14.0 Å². The summed E-state index contributed by atoms with van der Waals surface area (Å²) in [4.78, 5) is 27.6. The number of fused-ring (bicyclic) bond motifs is 1. The first-order valence-corrected chi connectivity index (χ1v) is 13.4. The zero-order chi connectivity index (χ0) is 28.4. The van der Waals surface area contributed by atoms with Crippen LogP contribution in [0.2, 0.25) is 0 Å². The van der Waals surface area contributed by atoms with E-state index in [4.69, 9.17) is 20.7 Å². The molecule has 0 amide bonds. The van der Waals surface area contributed by atoms with Crippen LogP contribution in [0.1, 0.15) is 39.2 Å². The molecule has 0 unspecified atom stereocenters. The molecular weight excluding hydrogens is 511 g/mol. The third-order valence-electron chi connectivity index (χ3n) is 6.64. The molecular formula is C30H33FN6O3. The first-order valence-electron chi connectivity index (χ1n) is 13.4. The summed E-state index contributed by atoms with van der Waals surface area (Å²) < 4.78 is 22.6. The van der Waals surface area contributed by atoms with Gasteiger partial charge < -0.3 is 15.4 Å². The van der Waals surface area contributed by atoms with Crippen LogP contribution >= 0.6 is 0 Å². The van der Waals surface area contributed by atoms with E-state index in [0.717, 1.165) is 17.8 Å². The predicted molar refractivity (Wildman–Crippen MR) is 152 cm³/mol. The van der Waals surface area contributed by atoms with Gasteiger partial charge in [0.05, 0.1) is 23.4 Å². The maximum Gasteiger partial charge on any atom is 0.308 e. The Morgan fingerprint density at radius 2 is 1.77 bits per heavy atom. The molecule has 2 aromatic heterocycles. The molecule has 40 heavy (non-hydrogen) atoms. The van der Waals surface area contributed by atoms with Crippen molar-refractivity contribution in [2.75, 3.05) is 18.0 Å². The maximum absolute atomic E-state index is 13.8.